The molecule has 5 nitrogen and oxygen atoms in total. The second-order valence-corrected chi connectivity index (χ2v) is 6.70. The number of nitrogens with zero attached hydrogens (tertiary/aromatic N) is 2. The molecule has 0 aliphatic carbocycles. The van der Waals surface area contributed by atoms with Crippen molar-refractivity contribution in [2.24, 2.45) is 0 Å². The molecule has 0 bridgehead atoms. The summed E-state index contributed by atoms with van der Waals surface area (Å²) in [6.45, 7) is 0. The number of aromatic nitrogens is 1. The highest BCUT2D eigenvalue weighted by Crippen LogP contribution is 2.35. The molecule has 2 aromatic heterocycles. The highest BCUT2D eigenvalue weighted by Gasteiger charge is 2.20. The van der Waals surface area contributed by atoms with Crippen LogP contribution in [0.15, 0.2) is 77.4 Å². The van der Waals surface area contributed by atoms with E-state index in [2.05, 4.69) is 4.98 Å². The van der Waals surface area contributed by atoms with E-state index in [4.69, 9.17) is 9.15 Å². The third-order valence-electron chi connectivity index (χ3n) is 3.94. The number of benzene rings is 2. The minimum absolute atomic E-state index is 0.223. The van der Waals surface area contributed by atoms with Gasteiger partial charge < -0.3 is 9.15 Å². The second-order valence-electron chi connectivity index (χ2n) is 5.69. The Balaban J connectivity index is 1.77. The monoisotopic (exact) mass is 376 g/mol. The van der Waals surface area contributed by atoms with Crippen LogP contribution in [0.4, 0.5) is 10.8 Å². The molecule has 134 valence electrons. The number of ether oxygens (including phenoxy) is 1. The molecule has 0 spiro atoms. The van der Waals surface area contributed by atoms with E-state index in [9.17, 15) is 4.79 Å². The lowest BCUT2D eigenvalue weighted by atomic mass is 10.2. The molecule has 4 aromatic rings. The topological polar surface area (TPSA) is 55.6 Å². The Morgan fingerprint density at radius 3 is 2.81 bits per heavy atom. The lowest BCUT2D eigenvalue weighted by Gasteiger charge is -2.18. The van der Waals surface area contributed by atoms with Gasteiger partial charge in [0.05, 0.1) is 29.3 Å². The highest BCUT2D eigenvalue weighted by atomic mass is 32.1. The first kappa shape index (κ1) is 17.1. The van der Waals surface area contributed by atoms with Crippen molar-refractivity contribution in [1.29, 1.82) is 0 Å². The van der Waals surface area contributed by atoms with E-state index in [-0.39, 0.29) is 5.91 Å². The Kier molecular flexibility index (Phi) is 4.72. The molecule has 0 saturated carbocycles. The van der Waals surface area contributed by atoms with Gasteiger partial charge in [-0.15, -0.1) is 0 Å². The Morgan fingerprint density at radius 1 is 1.15 bits per heavy atom. The molecular weight excluding hydrogens is 360 g/mol. The normalized spacial score (nSPS) is 11.1. The van der Waals surface area contributed by atoms with Gasteiger partial charge in [0, 0.05) is 12.1 Å². The van der Waals surface area contributed by atoms with Crippen LogP contribution in [0, 0.1) is 0 Å². The summed E-state index contributed by atoms with van der Waals surface area (Å²) < 4.78 is 11.6. The van der Waals surface area contributed by atoms with Gasteiger partial charge in [-0.3, -0.25) is 9.69 Å². The fourth-order valence-corrected chi connectivity index (χ4v) is 3.64. The number of furan rings is 1. The van der Waals surface area contributed by atoms with Gasteiger partial charge in [0.25, 0.3) is 5.91 Å². The van der Waals surface area contributed by atoms with E-state index in [0.29, 0.717) is 22.3 Å². The van der Waals surface area contributed by atoms with Crippen LogP contribution in [0.2, 0.25) is 0 Å². The summed E-state index contributed by atoms with van der Waals surface area (Å²) >= 11 is 1.46. The van der Waals surface area contributed by atoms with Gasteiger partial charge in [-0.2, -0.15) is 0 Å². The minimum Gasteiger partial charge on any atom is -0.497 e. The van der Waals surface area contributed by atoms with Crippen molar-refractivity contribution in [2.75, 3.05) is 12.0 Å². The molecule has 27 heavy (non-hydrogen) atoms. The molecule has 0 aliphatic rings. The summed E-state index contributed by atoms with van der Waals surface area (Å²) in [6.07, 6.45) is 4.69. The van der Waals surface area contributed by atoms with Gasteiger partial charge in [-0.05, 0) is 42.5 Å². The van der Waals surface area contributed by atoms with E-state index in [1.54, 1.807) is 36.5 Å². The van der Waals surface area contributed by atoms with Crippen LogP contribution in [0.25, 0.3) is 16.3 Å². The molecular formula is C21H16N2O3S. The summed E-state index contributed by atoms with van der Waals surface area (Å²) in [5.74, 6) is 1.05. The minimum atomic E-state index is -0.223. The van der Waals surface area contributed by atoms with E-state index in [1.807, 2.05) is 48.5 Å². The van der Waals surface area contributed by atoms with Crippen molar-refractivity contribution in [3.05, 3.63) is 78.8 Å². The molecule has 0 aliphatic heterocycles. The van der Waals surface area contributed by atoms with Crippen LogP contribution in [-0.4, -0.2) is 18.0 Å². The number of rotatable bonds is 5. The van der Waals surface area contributed by atoms with E-state index >= 15 is 0 Å². The van der Waals surface area contributed by atoms with Crippen LogP contribution in [-0.2, 0) is 4.79 Å². The standard InChI is InChI=1S/C21H16N2O3S/c1-25-17-7-4-6-15(14-17)23(20(24)12-11-16-8-5-13-26-16)21-22-18-9-2-3-10-19(18)27-21/h2-14H,1H3/b12-11+. The molecule has 4 rings (SSSR count). The largest absolute Gasteiger partial charge is 0.497 e. The van der Waals surface area contributed by atoms with Crippen LogP contribution in [0.3, 0.4) is 0 Å². The lowest BCUT2D eigenvalue weighted by Crippen LogP contribution is -2.23. The molecule has 0 atom stereocenters. The van der Waals surface area contributed by atoms with E-state index in [1.165, 1.54) is 17.4 Å². The first-order valence-corrected chi connectivity index (χ1v) is 9.11. The maximum atomic E-state index is 13.0. The molecule has 0 radical (unpaired) electrons. The molecule has 2 aromatic carbocycles. The van der Waals surface area contributed by atoms with Crippen LogP contribution in [0.1, 0.15) is 5.76 Å². The molecule has 6 heteroatoms. The zero-order valence-corrected chi connectivity index (χ0v) is 15.3. The zero-order valence-electron chi connectivity index (χ0n) is 14.5. The van der Waals surface area contributed by atoms with Gasteiger partial charge in [0.1, 0.15) is 11.5 Å². The average Bonchev–Trinajstić information content (AvgIpc) is 3.36. The number of carbonyl (C=O) groups is 1. The van der Waals surface area contributed by atoms with Crippen molar-refractivity contribution in [3.63, 3.8) is 0 Å². The third kappa shape index (κ3) is 3.61. The SMILES string of the molecule is COc1cccc(N(C(=O)/C=C/c2ccco2)c2nc3ccccc3s2)c1. The lowest BCUT2D eigenvalue weighted by molar-refractivity contribution is -0.113. The number of para-hydroxylation sites is 1. The molecule has 2 heterocycles. The second kappa shape index (κ2) is 7.47. The number of anilines is 2. The molecule has 0 N–H and O–H groups in total. The maximum absolute atomic E-state index is 13.0. The number of hydrogen-bond donors (Lipinski definition) is 0. The van der Waals surface area contributed by atoms with Gasteiger partial charge >= 0.3 is 0 Å². The van der Waals surface area contributed by atoms with Crippen molar-refractivity contribution < 1.29 is 13.9 Å². The highest BCUT2D eigenvalue weighted by molar-refractivity contribution is 7.22. The number of methoxy groups -OCH3 is 1. The molecule has 0 unspecified atom stereocenters. The smallest absolute Gasteiger partial charge is 0.257 e. The number of amides is 1. The summed E-state index contributed by atoms with van der Waals surface area (Å²) in [6, 6.07) is 18.7. The first-order chi connectivity index (χ1) is 13.2. The van der Waals surface area contributed by atoms with Gasteiger partial charge in [-0.1, -0.05) is 29.5 Å². The van der Waals surface area contributed by atoms with Crippen LogP contribution in [0.5, 0.6) is 5.75 Å². The summed E-state index contributed by atoms with van der Waals surface area (Å²) in [7, 11) is 1.60. The summed E-state index contributed by atoms with van der Waals surface area (Å²) in [5, 5.41) is 0.596. The third-order valence-corrected chi connectivity index (χ3v) is 4.96. The van der Waals surface area contributed by atoms with Gasteiger partial charge in [-0.25, -0.2) is 4.98 Å². The summed E-state index contributed by atoms with van der Waals surface area (Å²) in [4.78, 5) is 19.3. The predicted molar refractivity (Wildman–Crippen MR) is 108 cm³/mol. The number of hydrogen-bond acceptors (Lipinski definition) is 5. The fourth-order valence-electron chi connectivity index (χ4n) is 2.65. The van der Waals surface area contributed by atoms with Crippen molar-refractivity contribution in [3.8, 4) is 5.75 Å². The molecule has 0 fully saturated rings. The van der Waals surface area contributed by atoms with Gasteiger partial charge in [0.15, 0.2) is 5.13 Å². The zero-order chi connectivity index (χ0) is 18.6. The quantitative estimate of drug-likeness (QED) is 0.445. The van der Waals surface area contributed by atoms with E-state index < -0.39 is 0 Å². The number of thiazole rings is 1. The van der Waals surface area contributed by atoms with Crippen molar-refractivity contribution in [2.45, 2.75) is 0 Å². The van der Waals surface area contributed by atoms with E-state index in [0.717, 1.165) is 10.2 Å². The Hall–Kier alpha value is -3.38. The Bertz CT molecular complexity index is 1070. The Labute approximate surface area is 160 Å². The maximum Gasteiger partial charge on any atom is 0.257 e. The summed E-state index contributed by atoms with van der Waals surface area (Å²) in [5.41, 5.74) is 1.54. The first-order valence-electron chi connectivity index (χ1n) is 8.30. The van der Waals surface area contributed by atoms with Crippen molar-refractivity contribution >= 4 is 44.4 Å². The molecule has 1 amide bonds. The number of carbonyl (C=O) groups excluding carboxylic acids is 1. The average molecular weight is 376 g/mol. The van der Waals surface area contributed by atoms with Crippen LogP contribution >= 0.6 is 11.3 Å². The Morgan fingerprint density at radius 2 is 2.04 bits per heavy atom. The van der Waals surface area contributed by atoms with Gasteiger partial charge in [0.2, 0.25) is 0 Å². The predicted octanol–water partition coefficient (Wildman–Crippen LogP) is 5.28. The fraction of sp³-hybridized carbons (Fsp3) is 0.0476. The van der Waals surface area contributed by atoms with Crippen molar-refractivity contribution in [1.82, 2.24) is 4.98 Å². The van der Waals surface area contributed by atoms with Crippen LogP contribution < -0.4 is 9.64 Å². The molecule has 0 saturated heterocycles. The number of fused-ring (bicyclic) bond motifs is 1.